The second kappa shape index (κ2) is 4.28. The molecule has 0 aromatic heterocycles. The van der Waals surface area contributed by atoms with E-state index in [-0.39, 0.29) is 0 Å². The van der Waals surface area contributed by atoms with Gasteiger partial charge in [0.15, 0.2) is 0 Å². The Morgan fingerprint density at radius 3 is 2.19 bits per heavy atom. The van der Waals surface area contributed by atoms with Gasteiger partial charge in [0.25, 0.3) is 0 Å². The first-order chi connectivity index (χ1) is 7.60. The Bertz CT molecular complexity index is 477. The normalized spacial score (nSPS) is 14.4. The molecule has 2 aromatic rings. The van der Waals surface area contributed by atoms with Crippen LogP contribution in [0.15, 0.2) is 54.6 Å². The third kappa shape index (κ3) is 2.11. The first-order valence-electron chi connectivity index (χ1n) is 5.14. The lowest BCUT2D eigenvalue weighted by Crippen LogP contribution is -2.22. The van der Waals surface area contributed by atoms with Crippen LogP contribution >= 0.6 is 11.6 Å². The van der Waals surface area contributed by atoms with Crippen LogP contribution in [0.25, 0.3) is 0 Å². The summed E-state index contributed by atoms with van der Waals surface area (Å²) in [6.45, 7) is 1.77. The lowest BCUT2D eigenvalue weighted by Gasteiger charge is -2.24. The van der Waals surface area contributed by atoms with Crippen molar-refractivity contribution in [1.82, 2.24) is 0 Å². The SMILES string of the molecule is CC(O)(c1ccccc1)c1cccc(Cl)c1. The van der Waals surface area contributed by atoms with E-state index in [1.165, 1.54) is 0 Å². The molecule has 0 saturated heterocycles. The molecule has 2 heteroatoms. The molecule has 0 amide bonds. The summed E-state index contributed by atoms with van der Waals surface area (Å²) in [4.78, 5) is 0. The van der Waals surface area contributed by atoms with Crippen molar-refractivity contribution in [2.45, 2.75) is 12.5 Å². The highest BCUT2D eigenvalue weighted by Gasteiger charge is 2.25. The Hall–Kier alpha value is -1.31. The van der Waals surface area contributed by atoms with E-state index >= 15 is 0 Å². The van der Waals surface area contributed by atoms with Crippen molar-refractivity contribution < 1.29 is 5.11 Å². The molecular formula is C14H13ClO. The molecule has 1 unspecified atom stereocenters. The van der Waals surface area contributed by atoms with Crippen LogP contribution in [0, 0.1) is 0 Å². The summed E-state index contributed by atoms with van der Waals surface area (Å²) in [5, 5.41) is 11.2. The van der Waals surface area contributed by atoms with Gasteiger partial charge in [-0.3, -0.25) is 0 Å². The maximum absolute atomic E-state index is 10.5. The van der Waals surface area contributed by atoms with E-state index in [2.05, 4.69) is 0 Å². The number of halogens is 1. The largest absolute Gasteiger partial charge is 0.381 e. The van der Waals surface area contributed by atoms with Crippen molar-refractivity contribution in [3.05, 3.63) is 70.7 Å². The van der Waals surface area contributed by atoms with E-state index in [9.17, 15) is 5.11 Å². The van der Waals surface area contributed by atoms with Crippen molar-refractivity contribution in [1.29, 1.82) is 0 Å². The average molecular weight is 233 g/mol. The van der Waals surface area contributed by atoms with Gasteiger partial charge in [0.2, 0.25) is 0 Å². The summed E-state index contributed by atoms with van der Waals surface area (Å²) in [6, 6.07) is 16.9. The highest BCUT2D eigenvalue weighted by molar-refractivity contribution is 6.30. The molecular weight excluding hydrogens is 220 g/mol. The van der Waals surface area contributed by atoms with Gasteiger partial charge in [0, 0.05) is 5.02 Å². The van der Waals surface area contributed by atoms with Crippen LogP contribution < -0.4 is 0 Å². The smallest absolute Gasteiger partial charge is 0.112 e. The summed E-state index contributed by atoms with van der Waals surface area (Å²) in [5.74, 6) is 0. The van der Waals surface area contributed by atoms with Gasteiger partial charge in [-0.1, -0.05) is 54.1 Å². The summed E-state index contributed by atoms with van der Waals surface area (Å²) in [6.07, 6.45) is 0. The predicted octanol–water partition coefficient (Wildman–Crippen LogP) is 3.60. The molecule has 1 atom stereocenters. The van der Waals surface area contributed by atoms with E-state index < -0.39 is 5.60 Å². The van der Waals surface area contributed by atoms with Crippen LogP contribution in [-0.4, -0.2) is 5.11 Å². The maximum Gasteiger partial charge on any atom is 0.112 e. The molecule has 2 aromatic carbocycles. The van der Waals surface area contributed by atoms with Gasteiger partial charge in [-0.25, -0.2) is 0 Å². The molecule has 0 radical (unpaired) electrons. The maximum atomic E-state index is 10.5. The van der Waals surface area contributed by atoms with Gasteiger partial charge < -0.3 is 5.11 Å². The zero-order valence-electron chi connectivity index (χ0n) is 9.02. The molecule has 1 N–H and O–H groups in total. The van der Waals surface area contributed by atoms with Gasteiger partial charge in [-0.05, 0) is 30.2 Å². The fourth-order valence-electron chi connectivity index (χ4n) is 1.72. The predicted molar refractivity (Wildman–Crippen MR) is 66.6 cm³/mol. The monoisotopic (exact) mass is 232 g/mol. The molecule has 0 aliphatic carbocycles. The van der Waals surface area contributed by atoms with Crippen molar-refractivity contribution in [2.24, 2.45) is 0 Å². The lowest BCUT2D eigenvalue weighted by atomic mass is 9.88. The number of hydrogen-bond donors (Lipinski definition) is 1. The second-order valence-electron chi connectivity index (χ2n) is 3.95. The Morgan fingerprint density at radius 1 is 0.938 bits per heavy atom. The molecule has 0 aliphatic rings. The molecule has 0 fully saturated rings. The molecule has 0 aliphatic heterocycles. The molecule has 1 nitrogen and oxygen atoms in total. The highest BCUT2D eigenvalue weighted by atomic mass is 35.5. The quantitative estimate of drug-likeness (QED) is 0.839. The van der Waals surface area contributed by atoms with Crippen molar-refractivity contribution in [3.63, 3.8) is 0 Å². The zero-order chi connectivity index (χ0) is 11.6. The first kappa shape index (κ1) is 11.2. The van der Waals surface area contributed by atoms with Gasteiger partial charge in [-0.15, -0.1) is 0 Å². The molecule has 0 bridgehead atoms. The summed E-state index contributed by atoms with van der Waals surface area (Å²) in [5.41, 5.74) is 0.648. The van der Waals surface area contributed by atoms with Gasteiger partial charge in [-0.2, -0.15) is 0 Å². The number of benzene rings is 2. The third-order valence-electron chi connectivity index (χ3n) is 2.72. The van der Waals surface area contributed by atoms with E-state index in [4.69, 9.17) is 11.6 Å². The Balaban J connectivity index is 2.47. The number of hydrogen-bond acceptors (Lipinski definition) is 1. The topological polar surface area (TPSA) is 20.2 Å². The first-order valence-corrected chi connectivity index (χ1v) is 5.52. The fourth-order valence-corrected chi connectivity index (χ4v) is 1.91. The summed E-state index contributed by atoms with van der Waals surface area (Å²) >= 11 is 5.93. The molecule has 82 valence electrons. The zero-order valence-corrected chi connectivity index (χ0v) is 9.78. The minimum atomic E-state index is -1.01. The Kier molecular flexibility index (Phi) is 2.99. The average Bonchev–Trinajstić information content (AvgIpc) is 2.30. The van der Waals surface area contributed by atoms with Gasteiger partial charge in [0.1, 0.15) is 5.60 Å². The van der Waals surface area contributed by atoms with Crippen molar-refractivity contribution in [3.8, 4) is 0 Å². The second-order valence-corrected chi connectivity index (χ2v) is 4.39. The molecule has 0 heterocycles. The molecule has 16 heavy (non-hydrogen) atoms. The summed E-state index contributed by atoms with van der Waals surface area (Å²) in [7, 11) is 0. The lowest BCUT2D eigenvalue weighted by molar-refractivity contribution is 0.102. The van der Waals surface area contributed by atoms with E-state index in [0.29, 0.717) is 5.02 Å². The van der Waals surface area contributed by atoms with Crippen LogP contribution in [-0.2, 0) is 5.60 Å². The van der Waals surface area contributed by atoms with Crippen LogP contribution in [0.3, 0.4) is 0 Å². The standard InChI is InChI=1S/C14H13ClO/c1-14(16,11-6-3-2-4-7-11)12-8-5-9-13(15)10-12/h2-10,16H,1H3. The minimum Gasteiger partial charge on any atom is -0.381 e. The minimum absolute atomic E-state index is 0.633. The van der Waals surface area contributed by atoms with Crippen LogP contribution in [0.5, 0.6) is 0 Å². The Labute approximate surface area is 100 Å². The van der Waals surface area contributed by atoms with E-state index in [1.807, 2.05) is 42.5 Å². The fraction of sp³-hybridized carbons (Fsp3) is 0.143. The third-order valence-corrected chi connectivity index (χ3v) is 2.96. The van der Waals surface area contributed by atoms with Crippen LogP contribution in [0.2, 0.25) is 5.02 Å². The van der Waals surface area contributed by atoms with E-state index in [1.54, 1.807) is 19.1 Å². The van der Waals surface area contributed by atoms with E-state index in [0.717, 1.165) is 11.1 Å². The number of aliphatic hydroxyl groups is 1. The van der Waals surface area contributed by atoms with Crippen LogP contribution in [0.4, 0.5) is 0 Å². The highest BCUT2D eigenvalue weighted by Crippen LogP contribution is 2.30. The van der Waals surface area contributed by atoms with Gasteiger partial charge >= 0.3 is 0 Å². The Morgan fingerprint density at radius 2 is 1.56 bits per heavy atom. The molecule has 0 spiro atoms. The van der Waals surface area contributed by atoms with Gasteiger partial charge in [0.05, 0.1) is 0 Å². The molecule has 2 rings (SSSR count). The van der Waals surface area contributed by atoms with Crippen molar-refractivity contribution >= 4 is 11.6 Å². The summed E-state index contributed by atoms with van der Waals surface area (Å²) < 4.78 is 0. The number of rotatable bonds is 2. The molecule has 0 saturated carbocycles. The van der Waals surface area contributed by atoms with Crippen molar-refractivity contribution in [2.75, 3.05) is 0 Å². The van der Waals surface area contributed by atoms with Crippen LogP contribution in [0.1, 0.15) is 18.1 Å².